The lowest BCUT2D eigenvalue weighted by molar-refractivity contribution is -0.127. The van der Waals surface area contributed by atoms with Crippen LogP contribution in [0.5, 0.6) is 0 Å². The molecule has 0 bridgehead atoms. The number of benzene rings is 1. The van der Waals surface area contributed by atoms with Gasteiger partial charge in [-0.1, -0.05) is 6.07 Å². The van der Waals surface area contributed by atoms with Gasteiger partial charge < -0.3 is 8.97 Å². The van der Waals surface area contributed by atoms with Gasteiger partial charge in [0.25, 0.3) is 0 Å². The zero-order chi connectivity index (χ0) is 23.2. The van der Waals surface area contributed by atoms with Crippen LogP contribution in [0, 0.1) is 18.3 Å². The standard InChI is InChI=1S/C25H18F3N5/c1-16-10-17(4-7-30-16)15-32-8-5-19-11-18(2-3-23(19)32)21-6-9-33-20(12-25(26,27)28)14-31-24(33)22(21)13-29/h2-11,14H,12,15H2,1H3. The average molecular weight is 445 g/mol. The number of imidazole rings is 1. The lowest BCUT2D eigenvalue weighted by Gasteiger charge is -2.10. The van der Waals surface area contributed by atoms with Gasteiger partial charge in [0.15, 0.2) is 5.65 Å². The van der Waals surface area contributed by atoms with E-state index in [-0.39, 0.29) is 16.9 Å². The number of halogens is 3. The molecule has 8 heteroatoms. The summed E-state index contributed by atoms with van der Waals surface area (Å²) in [5, 5.41) is 10.8. The van der Waals surface area contributed by atoms with Gasteiger partial charge in [0.05, 0.1) is 12.1 Å². The molecule has 33 heavy (non-hydrogen) atoms. The molecule has 0 amide bonds. The predicted molar refractivity (Wildman–Crippen MR) is 119 cm³/mol. The number of fused-ring (bicyclic) bond motifs is 2. The number of hydrogen-bond donors (Lipinski definition) is 0. The molecule has 0 aliphatic carbocycles. The second-order valence-corrected chi connectivity index (χ2v) is 7.97. The van der Waals surface area contributed by atoms with E-state index in [1.165, 1.54) is 10.6 Å². The first-order chi connectivity index (χ1) is 15.8. The molecule has 0 radical (unpaired) electrons. The molecule has 0 N–H and O–H groups in total. The van der Waals surface area contributed by atoms with Crippen LogP contribution in [0.3, 0.4) is 0 Å². The highest BCUT2D eigenvalue weighted by molar-refractivity contribution is 5.88. The number of rotatable bonds is 4. The van der Waals surface area contributed by atoms with Crippen molar-refractivity contribution in [2.75, 3.05) is 0 Å². The first kappa shape index (κ1) is 20.8. The van der Waals surface area contributed by atoms with E-state index < -0.39 is 12.6 Å². The van der Waals surface area contributed by atoms with Crippen LogP contribution in [0.4, 0.5) is 13.2 Å². The van der Waals surface area contributed by atoms with Gasteiger partial charge in [-0.2, -0.15) is 18.4 Å². The quantitative estimate of drug-likeness (QED) is 0.357. The molecule has 5 rings (SSSR count). The summed E-state index contributed by atoms with van der Waals surface area (Å²) in [7, 11) is 0. The summed E-state index contributed by atoms with van der Waals surface area (Å²) in [6, 6.07) is 15.7. The van der Waals surface area contributed by atoms with Crippen molar-refractivity contribution in [2.24, 2.45) is 0 Å². The molecular formula is C25H18F3N5. The molecule has 0 unspecified atom stereocenters. The molecule has 0 fully saturated rings. The molecule has 0 aliphatic rings. The van der Waals surface area contributed by atoms with Crippen molar-refractivity contribution in [3.8, 4) is 17.2 Å². The average Bonchev–Trinajstić information content (AvgIpc) is 3.36. The Morgan fingerprint density at radius 2 is 1.88 bits per heavy atom. The van der Waals surface area contributed by atoms with E-state index in [1.54, 1.807) is 18.5 Å². The smallest absolute Gasteiger partial charge is 0.343 e. The summed E-state index contributed by atoms with van der Waals surface area (Å²) < 4.78 is 42.1. The Balaban J connectivity index is 1.54. The van der Waals surface area contributed by atoms with E-state index in [4.69, 9.17) is 0 Å². The fraction of sp³-hybridized carbons (Fsp3) is 0.160. The van der Waals surface area contributed by atoms with Crippen molar-refractivity contribution in [1.29, 1.82) is 5.26 Å². The second kappa shape index (κ2) is 7.78. The Labute approximate surface area is 187 Å². The highest BCUT2D eigenvalue weighted by Crippen LogP contribution is 2.31. The molecule has 4 heterocycles. The Bertz CT molecular complexity index is 1540. The van der Waals surface area contributed by atoms with E-state index in [0.717, 1.165) is 27.7 Å². The zero-order valence-corrected chi connectivity index (χ0v) is 17.6. The minimum absolute atomic E-state index is 0.000530. The van der Waals surface area contributed by atoms with Crippen LogP contribution in [0.1, 0.15) is 22.5 Å². The summed E-state index contributed by atoms with van der Waals surface area (Å²) in [4.78, 5) is 8.35. The van der Waals surface area contributed by atoms with Gasteiger partial charge in [0.2, 0.25) is 0 Å². The van der Waals surface area contributed by atoms with Gasteiger partial charge in [0, 0.05) is 53.5 Å². The summed E-state index contributed by atoms with van der Waals surface area (Å²) >= 11 is 0. The molecule has 5 nitrogen and oxygen atoms in total. The van der Waals surface area contributed by atoms with Gasteiger partial charge >= 0.3 is 6.18 Å². The third-order valence-electron chi connectivity index (χ3n) is 5.65. The second-order valence-electron chi connectivity index (χ2n) is 7.97. The highest BCUT2D eigenvalue weighted by atomic mass is 19.4. The van der Waals surface area contributed by atoms with Crippen LogP contribution < -0.4 is 0 Å². The first-order valence-electron chi connectivity index (χ1n) is 10.3. The third kappa shape index (κ3) is 3.94. The summed E-state index contributed by atoms with van der Waals surface area (Å²) in [5.41, 5.74) is 5.06. The fourth-order valence-corrected chi connectivity index (χ4v) is 4.19. The Hall–Kier alpha value is -4.12. The number of aryl methyl sites for hydroxylation is 1. The lowest BCUT2D eigenvalue weighted by atomic mass is 10.0. The molecule has 1 aromatic carbocycles. The van der Waals surface area contributed by atoms with Crippen molar-refractivity contribution in [1.82, 2.24) is 18.9 Å². The zero-order valence-electron chi connectivity index (χ0n) is 17.6. The van der Waals surface area contributed by atoms with Gasteiger partial charge in [-0.25, -0.2) is 4.98 Å². The molecule has 164 valence electrons. The normalized spacial score (nSPS) is 11.8. The van der Waals surface area contributed by atoms with Gasteiger partial charge in [-0.05, 0) is 54.4 Å². The molecule has 0 saturated heterocycles. The minimum atomic E-state index is -4.35. The maximum Gasteiger partial charge on any atom is 0.394 e. The van der Waals surface area contributed by atoms with E-state index >= 15 is 0 Å². The maximum absolute atomic E-state index is 12.9. The SMILES string of the molecule is Cc1cc(Cn2ccc3cc(-c4ccn5c(CC(F)(F)F)cnc5c4C#N)ccc32)ccn1. The Morgan fingerprint density at radius 3 is 2.64 bits per heavy atom. The van der Waals surface area contributed by atoms with E-state index in [9.17, 15) is 18.4 Å². The maximum atomic E-state index is 12.9. The van der Waals surface area contributed by atoms with Crippen LogP contribution in [-0.4, -0.2) is 25.1 Å². The molecule has 4 aromatic heterocycles. The molecule has 0 saturated carbocycles. The van der Waals surface area contributed by atoms with Crippen molar-refractivity contribution in [3.05, 3.63) is 89.8 Å². The number of nitriles is 1. The van der Waals surface area contributed by atoms with Crippen molar-refractivity contribution < 1.29 is 13.2 Å². The molecule has 0 aliphatic heterocycles. The van der Waals surface area contributed by atoms with Gasteiger partial charge in [0.1, 0.15) is 11.6 Å². The van der Waals surface area contributed by atoms with Crippen LogP contribution >= 0.6 is 0 Å². The van der Waals surface area contributed by atoms with Crippen LogP contribution in [-0.2, 0) is 13.0 Å². The van der Waals surface area contributed by atoms with Crippen LogP contribution in [0.15, 0.2) is 67.3 Å². The monoisotopic (exact) mass is 445 g/mol. The van der Waals surface area contributed by atoms with E-state index in [1.807, 2.05) is 49.5 Å². The van der Waals surface area contributed by atoms with Crippen molar-refractivity contribution >= 4 is 16.6 Å². The largest absolute Gasteiger partial charge is 0.394 e. The highest BCUT2D eigenvalue weighted by Gasteiger charge is 2.29. The molecule has 0 atom stereocenters. The number of nitrogens with zero attached hydrogens (tertiary/aromatic N) is 5. The summed E-state index contributed by atoms with van der Waals surface area (Å²) in [6.07, 6.45) is 1.07. The Morgan fingerprint density at radius 1 is 1.03 bits per heavy atom. The predicted octanol–water partition coefficient (Wildman–Crippen LogP) is 5.68. The van der Waals surface area contributed by atoms with E-state index in [2.05, 4.69) is 20.6 Å². The minimum Gasteiger partial charge on any atom is -0.343 e. The third-order valence-corrected chi connectivity index (χ3v) is 5.65. The van der Waals surface area contributed by atoms with Crippen molar-refractivity contribution in [3.63, 3.8) is 0 Å². The van der Waals surface area contributed by atoms with E-state index in [0.29, 0.717) is 12.1 Å². The first-order valence-corrected chi connectivity index (χ1v) is 10.3. The van der Waals surface area contributed by atoms with Crippen molar-refractivity contribution in [2.45, 2.75) is 26.1 Å². The fourth-order valence-electron chi connectivity index (χ4n) is 4.19. The molecule has 5 aromatic rings. The number of alkyl halides is 3. The topological polar surface area (TPSA) is 58.9 Å². The molecule has 0 spiro atoms. The Kier molecular flexibility index (Phi) is 4.90. The number of hydrogen-bond acceptors (Lipinski definition) is 3. The molecular weight excluding hydrogens is 427 g/mol. The van der Waals surface area contributed by atoms with Crippen LogP contribution in [0.2, 0.25) is 0 Å². The van der Waals surface area contributed by atoms with Crippen LogP contribution in [0.25, 0.3) is 27.7 Å². The summed E-state index contributed by atoms with van der Waals surface area (Å²) in [6.45, 7) is 2.66. The number of aromatic nitrogens is 4. The van der Waals surface area contributed by atoms with Gasteiger partial charge in [-0.15, -0.1) is 0 Å². The summed E-state index contributed by atoms with van der Waals surface area (Å²) in [5.74, 6) is 0. The number of pyridine rings is 2. The van der Waals surface area contributed by atoms with Gasteiger partial charge in [-0.3, -0.25) is 4.98 Å². The lowest BCUT2D eigenvalue weighted by Crippen LogP contribution is -2.13.